The van der Waals surface area contributed by atoms with Crippen molar-refractivity contribution in [2.24, 2.45) is 17.1 Å². The summed E-state index contributed by atoms with van der Waals surface area (Å²) in [6.45, 7) is 8.93. The standard InChI is InChI=1S/C12H26N2/c1-12(2,3)8-10(9-13)11-6-4-5-7-14-11/h10-11,14H,4-9,13H2,1-3H3/t10-,11+/m0/s1. The van der Waals surface area contributed by atoms with E-state index in [1.807, 2.05) is 0 Å². The maximum absolute atomic E-state index is 5.87. The Morgan fingerprint density at radius 3 is 2.50 bits per heavy atom. The second-order valence-electron chi connectivity index (χ2n) is 5.82. The van der Waals surface area contributed by atoms with Crippen LogP contribution in [0.25, 0.3) is 0 Å². The number of hydrogen-bond acceptors (Lipinski definition) is 2. The molecule has 84 valence electrons. The van der Waals surface area contributed by atoms with Crippen molar-refractivity contribution in [1.29, 1.82) is 0 Å². The van der Waals surface area contributed by atoms with Gasteiger partial charge in [-0.3, -0.25) is 0 Å². The summed E-state index contributed by atoms with van der Waals surface area (Å²) in [5.41, 5.74) is 6.28. The molecule has 2 atom stereocenters. The van der Waals surface area contributed by atoms with Gasteiger partial charge in [0.25, 0.3) is 0 Å². The van der Waals surface area contributed by atoms with Crippen LogP contribution >= 0.6 is 0 Å². The van der Waals surface area contributed by atoms with E-state index in [1.165, 1.54) is 32.2 Å². The number of nitrogens with two attached hydrogens (primary N) is 1. The van der Waals surface area contributed by atoms with Gasteiger partial charge in [-0.25, -0.2) is 0 Å². The molecule has 0 unspecified atom stereocenters. The molecule has 1 rings (SSSR count). The molecule has 0 aliphatic carbocycles. The topological polar surface area (TPSA) is 38.0 Å². The Bertz CT molecular complexity index is 154. The summed E-state index contributed by atoms with van der Waals surface area (Å²) in [6, 6.07) is 0.674. The van der Waals surface area contributed by atoms with E-state index in [4.69, 9.17) is 5.73 Å². The van der Waals surface area contributed by atoms with Crippen molar-refractivity contribution in [2.75, 3.05) is 13.1 Å². The fourth-order valence-corrected chi connectivity index (χ4v) is 2.46. The molecule has 1 saturated heterocycles. The van der Waals surface area contributed by atoms with Crippen molar-refractivity contribution in [2.45, 2.75) is 52.5 Å². The van der Waals surface area contributed by atoms with Crippen molar-refractivity contribution < 1.29 is 0 Å². The van der Waals surface area contributed by atoms with Crippen LogP contribution in [0.4, 0.5) is 0 Å². The van der Waals surface area contributed by atoms with Gasteiger partial charge in [0.05, 0.1) is 0 Å². The van der Waals surface area contributed by atoms with Gasteiger partial charge in [-0.15, -0.1) is 0 Å². The molecular weight excluding hydrogens is 172 g/mol. The van der Waals surface area contributed by atoms with Gasteiger partial charge in [0.15, 0.2) is 0 Å². The fraction of sp³-hybridized carbons (Fsp3) is 1.00. The second-order valence-corrected chi connectivity index (χ2v) is 5.82. The van der Waals surface area contributed by atoms with Crippen LogP contribution in [0, 0.1) is 11.3 Å². The number of piperidine rings is 1. The maximum Gasteiger partial charge on any atom is 0.0108 e. The van der Waals surface area contributed by atoms with E-state index < -0.39 is 0 Å². The highest BCUT2D eigenvalue weighted by atomic mass is 14.9. The Balaban J connectivity index is 2.43. The zero-order valence-electron chi connectivity index (χ0n) is 9.97. The van der Waals surface area contributed by atoms with Crippen LogP contribution in [0.2, 0.25) is 0 Å². The Morgan fingerprint density at radius 1 is 1.36 bits per heavy atom. The van der Waals surface area contributed by atoms with Crippen molar-refractivity contribution in [3.05, 3.63) is 0 Å². The smallest absolute Gasteiger partial charge is 0.0108 e. The first-order valence-corrected chi connectivity index (χ1v) is 5.96. The van der Waals surface area contributed by atoms with Gasteiger partial charge in [0.2, 0.25) is 0 Å². The van der Waals surface area contributed by atoms with Crippen LogP contribution in [0.1, 0.15) is 46.5 Å². The third-order valence-corrected chi connectivity index (χ3v) is 3.09. The SMILES string of the molecule is CC(C)(C)C[C@@H](CN)[C@H]1CCCCN1. The van der Waals surface area contributed by atoms with Crippen LogP contribution in [0.15, 0.2) is 0 Å². The lowest BCUT2D eigenvalue weighted by Gasteiger charge is -2.34. The maximum atomic E-state index is 5.87. The van der Waals surface area contributed by atoms with E-state index in [0.29, 0.717) is 17.4 Å². The van der Waals surface area contributed by atoms with Crippen LogP contribution < -0.4 is 11.1 Å². The molecule has 1 aliphatic heterocycles. The van der Waals surface area contributed by atoms with Gasteiger partial charge < -0.3 is 11.1 Å². The van der Waals surface area contributed by atoms with Crippen molar-refractivity contribution in [1.82, 2.24) is 5.32 Å². The average Bonchev–Trinajstić information content (AvgIpc) is 2.14. The van der Waals surface area contributed by atoms with E-state index in [2.05, 4.69) is 26.1 Å². The monoisotopic (exact) mass is 198 g/mol. The Hall–Kier alpha value is -0.0800. The molecule has 3 N–H and O–H groups in total. The molecule has 0 aromatic carbocycles. The zero-order chi connectivity index (χ0) is 10.6. The average molecular weight is 198 g/mol. The van der Waals surface area contributed by atoms with Crippen molar-refractivity contribution in [3.8, 4) is 0 Å². The minimum Gasteiger partial charge on any atom is -0.330 e. The minimum absolute atomic E-state index is 0.406. The molecule has 2 heteroatoms. The third-order valence-electron chi connectivity index (χ3n) is 3.09. The molecule has 1 heterocycles. The number of nitrogens with one attached hydrogen (secondary N) is 1. The minimum atomic E-state index is 0.406. The lowest BCUT2D eigenvalue weighted by molar-refractivity contribution is 0.219. The van der Waals surface area contributed by atoms with Crippen LogP contribution in [0.5, 0.6) is 0 Å². The molecule has 0 amide bonds. The third kappa shape index (κ3) is 3.97. The van der Waals surface area contributed by atoms with Gasteiger partial charge in [-0.2, -0.15) is 0 Å². The molecule has 14 heavy (non-hydrogen) atoms. The van der Waals surface area contributed by atoms with Gasteiger partial charge in [-0.05, 0) is 43.7 Å². The van der Waals surface area contributed by atoms with E-state index in [-0.39, 0.29) is 0 Å². The van der Waals surface area contributed by atoms with E-state index in [0.717, 1.165) is 6.54 Å². The molecule has 0 aromatic heterocycles. The first kappa shape index (κ1) is 12.0. The molecular formula is C12H26N2. The highest BCUT2D eigenvalue weighted by molar-refractivity contribution is 4.83. The van der Waals surface area contributed by atoms with Crippen LogP contribution in [0.3, 0.4) is 0 Å². The Morgan fingerprint density at radius 2 is 2.07 bits per heavy atom. The fourth-order valence-electron chi connectivity index (χ4n) is 2.46. The van der Waals surface area contributed by atoms with Crippen LogP contribution in [-0.4, -0.2) is 19.1 Å². The van der Waals surface area contributed by atoms with Crippen LogP contribution in [-0.2, 0) is 0 Å². The molecule has 1 aliphatic rings. The highest BCUT2D eigenvalue weighted by Gasteiger charge is 2.26. The zero-order valence-corrected chi connectivity index (χ0v) is 9.97. The first-order valence-electron chi connectivity index (χ1n) is 5.96. The summed E-state index contributed by atoms with van der Waals surface area (Å²) in [5.74, 6) is 0.662. The normalized spacial score (nSPS) is 26.1. The summed E-state index contributed by atoms with van der Waals surface area (Å²) in [5, 5.41) is 3.61. The number of hydrogen-bond donors (Lipinski definition) is 2. The summed E-state index contributed by atoms with van der Waals surface area (Å²) in [4.78, 5) is 0. The van der Waals surface area contributed by atoms with Crippen molar-refractivity contribution >= 4 is 0 Å². The summed E-state index contributed by atoms with van der Waals surface area (Å²) >= 11 is 0. The molecule has 0 radical (unpaired) electrons. The lowest BCUT2D eigenvalue weighted by Crippen LogP contribution is -2.44. The summed E-state index contributed by atoms with van der Waals surface area (Å²) in [6.07, 6.45) is 5.26. The largest absolute Gasteiger partial charge is 0.330 e. The molecule has 0 bridgehead atoms. The highest BCUT2D eigenvalue weighted by Crippen LogP contribution is 2.28. The van der Waals surface area contributed by atoms with E-state index >= 15 is 0 Å². The molecule has 0 spiro atoms. The van der Waals surface area contributed by atoms with Gasteiger partial charge in [0.1, 0.15) is 0 Å². The van der Waals surface area contributed by atoms with Crippen molar-refractivity contribution in [3.63, 3.8) is 0 Å². The Labute approximate surface area is 88.6 Å². The predicted octanol–water partition coefficient (Wildman–Crippen LogP) is 2.14. The van der Waals surface area contributed by atoms with Gasteiger partial charge >= 0.3 is 0 Å². The lowest BCUT2D eigenvalue weighted by atomic mass is 9.79. The second kappa shape index (κ2) is 5.13. The number of rotatable bonds is 3. The predicted molar refractivity (Wildman–Crippen MR) is 62.3 cm³/mol. The quantitative estimate of drug-likeness (QED) is 0.729. The molecule has 2 nitrogen and oxygen atoms in total. The summed E-state index contributed by atoms with van der Waals surface area (Å²) in [7, 11) is 0. The first-order chi connectivity index (χ1) is 6.53. The summed E-state index contributed by atoms with van der Waals surface area (Å²) < 4.78 is 0. The molecule has 0 saturated carbocycles. The van der Waals surface area contributed by atoms with Gasteiger partial charge in [0, 0.05) is 6.04 Å². The van der Waals surface area contributed by atoms with E-state index in [9.17, 15) is 0 Å². The molecule has 0 aromatic rings. The Kier molecular flexibility index (Phi) is 4.39. The van der Waals surface area contributed by atoms with Gasteiger partial charge in [-0.1, -0.05) is 27.2 Å². The molecule has 1 fully saturated rings. The van der Waals surface area contributed by atoms with E-state index in [1.54, 1.807) is 0 Å².